The zero-order valence-corrected chi connectivity index (χ0v) is 11.4. The highest BCUT2D eigenvalue weighted by molar-refractivity contribution is 9.10. The van der Waals surface area contributed by atoms with Crippen molar-refractivity contribution in [2.75, 3.05) is 5.73 Å². The van der Waals surface area contributed by atoms with Crippen molar-refractivity contribution >= 4 is 33.0 Å². The van der Waals surface area contributed by atoms with Gasteiger partial charge >= 0.3 is 0 Å². The minimum absolute atomic E-state index is 0.229. The molecule has 1 aromatic heterocycles. The molecule has 2 rings (SSSR count). The van der Waals surface area contributed by atoms with Gasteiger partial charge in [-0.3, -0.25) is 0 Å². The van der Waals surface area contributed by atoms with E-state index < -0.39 is 0 Å². The normalized spacial score (nSPS) is 10.7. The summed E-state index contributed by atoms with van der Waals surface area (Å²) in [5.41, 5.74) is 6.67. The maximum Gasteiger partial charge on any atom is 0.146 e. The summed E-state index contributed by atoms with van der Waals surface area (Å²) in [6.07, 6.45) is 0. The smallest absolute Gasteiger partial charge is 0.146 e. The van der Waals surface area contributed by atoms with Crippen molar-refractivity contribution in [2.45, 2.75) is 13.1 Å². The first-order valence-corrected chi connectivity index (χ1v) is 6.80. The molecule has 2 nitrogen and oxygen atoms in total. The van der Waals surface area contributed by atoms with Crippen LogP contribution in [0.3, 0.4) is 0 Å². The summed E-state index contributed by atoms with van der Waals surface area (Å²) >= 11 is 5.08. The number of hydrogen-bond donors (Lipinski definition) is 2. The summed E-state index contributed by atoms with van der Waals surface area (Å²) in [5, 5.41) is 5.28. The average molecular weight is 315 g/mol. The number of nitrogen functional groups attached to an aromatic ring is 1. The molecule has 0 atom stereocenters. The van der Waals surface area contributed by atoms with E-state index >= 15 is 0 Å². The van der Waals surface area contributed by atoms with Crippen LogP contribution >= 0.6 is 27.3 Å². The number of para-hydroxylation sites is 1. The lowest BCUT2D eigenvalue weighted by Gasteiger charge is -2.07. The molecule has 0 saturated carbocycles. The van der Waals surface area contributed by atoms with E-state index in [-0.39, 0.29) is 11.5 Å². The van der Waals surface area contributed by atoms with Crippen LogP contribution in [0.15, 0.2) is 34.1 Å². The number of hydrogen-bond acceptors (Lipinski definition) is 3. The number of thiophene rings is 1. The molecule has 0 aliphatic rings. The summed E-state index contributed by atoms with van der Waals surface area (Å²) in [7, 11) is 0. The average Bonchev–Trinajstić information content (AvgIpc) is 2.70. The van der Waals surface area contributed by atoms with Crippen LogP contribution in [-0.4, -0.2) is 0 Å². The van der Waals surface area contributed by atoms with Gasteiger partial charge in [0.1, 0.15) is 5.82 Å². The summed E-state index contributed by atoms with van der Waals surface area (Å²) in [6.45, 7) is 1.32. The summed E-state index contributed by atoms with van der Waals surface area (Å²) < 4.78 is 14.3. The Balaban J connectivity index is 1.92. The molecule has 0 radical (unpaired) electrons. The standard InChI is InChI=1S/C12H12BrFN2S/c13-9-4-10(17-7-9)6-16-5-8-2-1-3-11(14)12(8)15/h1-4,7,16H,5-6,15H2. The van der Waals surface area contributed by atoms with Crippen molar-refractivity contribution in [1.29, 1.82) is 0 Å². The molecular formula is C12H12BrFN2S. The van der Waals surface area contributed by atoms with Crippen molar-refractivity contribution in [3.63, 3.8) is 0 Å². The Bertz CT molecular complexity index is 513. The highest BCUT2D eigenvalue weighted by Crippen LogP contribution is 2.20. The van der Waals surface area contributed by atoms with E-state index in [2.05, 4.69) is 27.3 Å². The Hall–Kier alpha value is -0.910. The molecule has 5 heteroatoms. The molecule has 1 heterocycles. The molecule has 17 heavy (non-hydrogen) atoms. The van der Waals surface area contributed by atoms with Crippen molar-refractivity contribution in [3.05, 3.63) is 50.4 Å². The van der Waals surface area contributed by atoms with Crippen LogP contribution in [0.2, 0.25) is 0 Å². The largest absolute Gasteiger partial charge is 0.396 e. The second kappa shape index (κ2) is 5.62. The van der Waals surface area contributed by atoms with Gasteiger partial charge < -0.3 is 11.1 Å². The fourth-order valence-corrected chi connectivity index (χ4v) is 2.92. The number of halogens is 2. The highest BCUT2D eigenvalue weighted by Gasteiger charge is 2.04. The van der Waals surface area contributed by atoms with Crippen molar-refractivity contribution in [1.82, 2.24) is 5.32 Å². The topological polar surface area (TPSA) is 38.0 Å². The predicted octanol–water partition coefficient (Wildman–Crippen LogP) is 3.52. The fourth-order valence-electron chi connectivity index (χ4n) is 1.50. The molecule has 0 amide bonds. The summed E-state index contributed by atoms with van der Waals surface area (Å²) in [5.74, 6) is -0.358. The third kappa shape index (κ3) is 3.28. The molecule has 0 saturated heterocycles. The monoisotopic (exact) mass is 314 g/mol. The van der Waals surface area contributed by atoms with E-state index in [0.717, 1.165) is 16.6 Å². The molecule has 0 unspecified atom stereocenters. The van der Waals surface area contributed by atoms with Gasteiger partial charge in [0, 0.05) is 27.8 Å². The van der Waals surface area contributed by atoms with Gasteiger partial charge in [0.15, 0.2) is 0 Å². The molecule has 0 aliphatic carbocycles. The first-order valence-electron chi connectivity index (χ1n) is 5.13. The first kappa shape index (κ1) is 12.5. The third-order valence-electron chi connectivity index (χ3n) is 2.38. The third-order valence-corrected chi connectivity index (χ3v) is 4.08. The van der Waals surface area contributed by atoms with Gasteiger partial charge in [-0.1, -0.05) is 12.1 Å². The summed E-state index contributed by atoms with van der Waals surface area (Å²) in [6, 6.07) is 6.93. The van der Waals surface area contributed by atoms with E-state index in [1.807, 2.05) is 11.4 Å². The predicted molar refractivity (Wildman–Crippen MR) is 73.4 cm³/mol. The van der Waals surface area contributed by atoms with Crippen LogP contribution in [0, 0.1) is 5.82 Å². The van der Waals surface area contributed by atoms with Crippen LogP contribution < -0.4 is 11.1 Å². The number of nitrogens with one attached hydrogen (secondary N) is 1. The zero-order valence-electron chi connectivity index (χ0n) is 9.04. The maximum absolute atomic E-state index is 13.2. The highest BCUT2D eigenvalue weighted by atomic mass is 79.9. The van der Waals surface area contributed by atoms with Gasteiger partial charge in [-0.2, -0.15) is 0 Å². The van der Waals surface area contributed by atoms with Gasteiger partial charge in [0.25, 0.3) is 0 Å². The van der Waals surface area contributed by atoms with Gasteiger partial charge in [0.2, 0.25) is 0 Å². The van der Waals surface area contributed by atoms with Crippen molar-refractivity contribution < 1.29 is 4.39 Å². The van der Waals surface area contributed by atoms with Crippen molar-refractivity contribution in [3.8, 4) is 0 Å². The van der Waals surface area contributed by atoms with Gasteiger partial charge in [-0.15, -0.1) is 11.3 Å². The molecule has 2 aromatic rings. The Kier molecular flexibility index (Phi) is 4.15. The first-order chi connectivity index (χ1) is 8.16. The minimum atomic E-state index is -0.358. The van der Waals surface area contributed by atoms with Gasteiger partial charge in [0.05, 0.1) is 5.69 Å². The number of rotatable bonds is 4. The van der Waals surface area contributed by atoms with Crippen LogP contribution in [-0.2, 0) is 13.1 Å². The second-order valence-electron chi connectivity index (χ2n) is 3.65. The molecule has 0 aliphatic heterocycles. The SMILES string of the molecule is Nc1c(F)cccc1CNCc1cc(Br)cs1. The number of benzene rings is 1. The molecule has 0 fully saturated rings. The Morgan fingerprint density at radius 2 is 2.18 bits per heavy atom. The van der Waals surface area contributed by atoms with Crippen LogP contribution in [0.25, 0.3) is 0 Å². The maximum atomic E-state index is 13.2. The second-order valence-corrected chi connectivity index (χ2v) is 5.56. The Morgan fingerprint density at radius 1 is 1.35 bits per heavy atom. The number of anilines is 1. The van der Waals surface area contributed by atoms with Crippen LogP contribution in [0.1, 0.15) is 10.4 Å². The fraction of sp³-hybridized carbons (Fsp3) is 0.167. The lowest BCUT2D eigenvalue weighted by Crippen LogP contribution is -2.13. The van der Waals surface area contributed by atoms with E-state index in [9.17, 15) is 4.39 Å². The summed E-state index contributed by atoms with van der Waals surface area (Å²) in [4.78, 5) is 1.23. The molecule has 90 valence electrons. The quantitative estimate of drug-likeness (QED) is 0.847. The van der Waals surface area contributed by atoms with Crippen molar-refractivity contribution in [2.24, 2.45) is 0 Å². The van der Waals surface area contributed by atoms with E-state index in [4.69, 9.17) is 5.73 Å². The van der Waals surface area contributed by atoms with E-state index in [1.54, 1.807) is 17.4 Å². The lowest BCUT2D eigenvalue weighted by atomic mass is 10.1. The van der Waals surface area contributed by atoms with Gasteiger partial charge in [-0.25, -0.2) is 4.39 Å². The molecule has 0 spiro atoms. The Labute approximate surface area is 112 Å². The lowest BCUT2D eigenvalue weighted by molar-refractivity contribution is 0.626. The molecule has 1 aromatic carbocycles. The number of nitrogens with two attached hydrogens (primary N) is 1. The molecular weight excluding hydrogens is 303 g/mol. The molecule has 3 N–H and O–H groups in total. The van der Waals surface area contributed by atoms with E-state index in [1.165, 1.54) is 10.9 Å². The minimum Gasteiger partial charge on any atom is -0.396 e. The van der Waals surface area contributed by atoms with Crippen LogP contribution in [0.4, 0.5) is 10.1 Å². The van der Waals surface area contributed by atoms with Gasteiger partial charge in [-0.05, 0) is 33.6 Å². The van der Waals surface area contributed by atoms with E-state index in [0.29, 0.717) is 6.54 Å². The van der Waals surface area contributed by atoms with Crippen LogP contribution in [0.5, 0.6) is 0 Å². The molecule has 0 bridgehead atoms. The Morgan fingerprint density at radius 3 is 2.88 bits per heavy atom. The zero-order chi connectivity index (χ0) is 12.3.